The second kappa shape index (κ2) is 9.16. The lowest BCUT2D eigenvalue weighted by molar-refractivity contribution is -0.137. The fourth-order valence-corrected chi connectivity index (χ4v) is 3.18. The first kappa shape index (κ1) is 22.9. The molecule has 0 aliphatic heterocycles. The number of nitrogens with zero attached hydrogens (tertiary/aromatic N) is 4. The van der Waals surface area contributed by atoms with Crippen molar-refractivity contribution in [1.82, 2.24) is 25.5 Å². The average Bonchev–Trinajstić information content (AvgIpc) is 3.17. The molecule has 2 N–H and O–H groups in total. The number of rotatable bonds is 6. The number of halogens is 3. The zero-order valence-electron chi connectivity index (χ0n) is 17.6. The van der Waals surface area contributed by atoms with Gasteiger partial charge in [-0.05, 0) is 49.2 Å². The maximum atomic E-state index is 12.9. The number of carbonyl (C=O) groups is 2. The van der Waals surface area contributed by atoms with Gasteiger partial charge in [-0.3, -0.25) is 9.59 Å². The first-order chi connectivity index (χ1) is 15.0. The predicted molar refractivity (Wildman–Crippen MR) is 111 cm³/mol. The quantitative estimate of drug-likeness (QED) is 0.606. The Kier molecular flexibility index (Phi) is 6.56. The molecular formula is C21H21F3N6O2. The number of aromatic nitrogens is 4. The number of anilines is 1. The predicted octanol–water partition coefficient (Wildman–Crippen LogP) is 3.04. The molecule has 32 heavy (non-hydrogen) atoms. The number of hydrogen-bond donors (Lipinski definition) is 2. The summed E-state index contributed by atoms with van der Waals surface area (Å²) in [5.74, 6) is -0.998. The highest BCUT2D eigenvalue weighted by atomic mass is 19.4. The third-order valence-corrected chi connectivity index (χ3v) is 4.57. The molecule has 0 saturated heterocycles. The molecule has 2 aromatic carbocycles. The zero-order chi connectivity index (χ0) is 23.5. The van der Waals surface area contributed by atoms with Crippen LogP contribution in [0.5, 0.6) is 0 Å². The molecule has 8 nitrogen and oxygen atoms in total. The minimum Gasteiger partial charge on any atom is -0.345 e. The van der Waals surface area contributed by atoms with Crippen molar-refractivity contribution in [3.8, 4) is 11.4 Å². The number of hydrogen-bond acceptors (Lipinski definition) is 5. The van der Waals surface area contributed by atoms with Gasteiger partial charge < -0.3 is 10.6 Å². The van der Waals surface area contributed by atoms with Gasteiger partial charge in [-0.2, -0.15) is 18.0 Å². The number of aryl methyl sites for hydroxylation is 3. The lowest BCUT2D eigenvalue weighted by atomic mass is 10.1. The van der Waals surface area contributed by atoms with Crippen molar-refractivity contribution in [3.05, 3.63) is 58.7 Å². The molecule has 0 bridgehead atoms. The topological polar surface area (TPSA) is 102 Å². The molecule has 0 unspecified atom stereocenters. The molecule has 0 radical (unpaired) electrons. The summed E-state index contributed by atoms with van der Waals surface area (Å²) in [5, 5.41) is 16.5. The minimum atomic E-state index is -4.50. The normalized spacial score (nSPS) is 11.3. The number of nitrogens with one attached hydrogen (secondary N) is 2. The van der Waals surface area contributed by atoms with Crippen LogP contribution in [0.1, 0.15) is 22.3 Å². The van der Waals surface area contributed by atoms with Crippen LogP contribution in [0.25, 0.3) is 11.4 Å². The molecule has 3 rings (SSSR count). The molecule has 168 valence electrons. The van der Waals surface area contributed by atoms with E-state index in [1.54, 1.807) is 0 Å². The van der Waals surface area contributed by atoms with Gasteiger partial charge in [0.25, 0.3) is 0 Å². The second-order valence-electron chi connectivity index (χ2n) is 7.32. The molecule has 2 amide bonds. The summed E-state index contributed by atoms with van der Waals surface area (Å²) in [5.41, 5.74) is 2.88. The van der Waals surface area contributed by atoms with E-state index in [9.17, 15) is 22.8 Å². The van der Waals surface area contributed by atoms with E-state index in [2.05, 4.69) is 26.0 Å². The van der Waals surface area contributed by atoms with E-state index in [4.69, 9.17) is 0 Å². The maximum Gasteiger partial charge on any atom is 0.416 e. The highest BCUT2D eigenvalue weighted by molar-refractivity contribution is 5.95. The molecular weight excluding hydrogens is 425 g/mol. The summed E-state index contributed by atoms with van der Waals surface area (Å²) in [7, 11) is 0. The van der Waals surface area contributed by atoms with E-state index in [0.717, 1.165) is 33.6 Å². The van der Waals surface area contributed by atoms with Crippen molar-refractivity contribution in [1.29, 1.82) is 0 Å². The average molecular weight is 446 g/mol. The van der Waals surface area contributed by atoms with Crippen LogP contribution in [0.2, 0.25) is 0 Å². The maximum absolute atomic E-state index is 12.9. The monoisotopic (exact) mass is 446 g/mol. The molecule has 3 aromatic rings. The summed E-state index contributed by atoms with van der Waals surface area (Å²) in [6, 6.07) is 8.38. The van der Waals surface area contributed by atoms with Crippen LogP contribution in [0.15, 0.2) is 36.4 Å². The smallest absolute Gasteiger partial charge is 0.345 e. The summed E-state index contributed by atoms with van der Waals surface area (Å²) in [6.07, 6.45) is -4.50. The van der Waals surface area contributed by atoms with Crippen LogP contribution >= 0.6 is 0 Å². The summed E-state index contributed by atoms with van der Waals surface area (Å²) in [6.45, 7) is 5.12. The molecule has 1 aromatic heterocycles. The molecule has 0 saturated carbocycles. The number of alkyl halides is 3. The second-order valence-corrected chi connectivity index (χ2v) is 7.32. The zero-order valence-corrected chi connectivity index (χ0v) is 17.6. The summed E-state index contributed by atoms with van der Waals surface area (Å²) >= 11 is 0. The van der Waals surface area contributed by atoms with Crippen LogP contribution < -0.4 is 10.6 Å². The molecule has 11 heteroatoms. The van der Waals surface area contributed by atoms with Crippen LogP contribution in [0, 0.1) is 20.8 Å². The summed E-state index contributed by atoms with van der Waals surface area (Å²) < 4.78 is 38.6. The Balaban J connectivity index is 1.56. The van der Waals surface area contributed by atoms with Crippen LogP contribution in [-0.4, -0.2) is 38.6 Å². The lowest BCUT2D eigenvalue weighted by Crippen LogP contribution is -2.35. The molecule has 0 spiro atoms. The Morgan fingerprint density at radius 2 is 1.72 bits per heavy atom. The van der Waals surface area contributed by atoms with E-state index in [-0.39, 0.29) is 24.5 Å². The number of carbonyl (C=O) groups excluding carboxylic acids is 2. The van der Waals surface area contributed by atoms with Crippen LogP contribution in [0.4, 0.5) is 18.9 Å². The summed E-state index contributed by atoms with van der Waals surface area (Å²) in [4.78, 5) is 25.2. The van der Waals surface area contributed by atoms with Gasteiger partial charge in [0.05, 0.1) is 12.1 Å². The highest BCUT2D eigenvalue weighted by Gasteiger charge is 2.30. The van der Waals surface area contributed by atoms with Gasteiger partial charge in [0.15, 0.2) is 0 Å². The van der Waals surface area contributed by atoms with Gasteiger partial charge in [-0.25, -0.2) is 0 Å². The fourth-order valence-electron chi connectivity index (χ4n) is 3.18. The Hall–Kier alpha value is -3.76. The van der Waals surface area contributed by atoms with Gasteiger partial charge in [0.1, 0.15) is 6.54 Å². The Morgan fingerprint density at radius 1 is 1.03 bits per heavy atom. The van der Waals surface area contributed by atoms with E-state index in [1.807, 2.05) is 32.9 Å². The third-order valence-electron chi connectivity index (χ3n) is 4.57. The van der Waals surface area contributed by atoms with E-state index in [0.29, 0.717) is 5.69 Å². The van der Waals surface area contributed by atoms with Gasteiger partial charge in [-0.1, -0.05) is 29.8 Å². The lowest BCUT2D eigenvalue weighted by Gasteiger charge is -2.13. The third kappa shape index (κ3) is 5.68. The highest BCUT2D eigenvalue weighted by Crippen LogP contribution is 2.31. The largest absolute Gasteiger partial charge is 0.416 e. The van der Waals surface area contributed by atoms with Crippen molar-refractivity contribution in [3.63, 3.8) is 0 Å². The minimum absolute atomic E-state index is 0.0491. The number of amides is 2. The van der Waals surface area contributed by atoms with Crippen molar-refractivity contribution >= 4 is 17.5 Å². The van der Waals surface area contributed by atoms with Crippen molar-refractivity contribution in [2.75, 3.05) is 11.9 Å². The van der Waals surface area contributed by atoms with E-state index < -0.39 is 23.6 Å². The van der Waals surface area contributed by atoms with Gasteiger partial charge in [0.2, 0.25) is 17.6 Å². The van der Waals surface area contributed by atoms with Crippen molar-refractivity contribution < 1.29 is 22.8 Å². The molecule has 0 aliphatic carbocycles. The molecule has 0 atom stereocenters. The molecule has 0 aliphatic rings. The van der Waals surface area contributed by atoms with E-state index >= 15 is 0 Å². The van der Waals surface area contributed by atoms with Crippen LogP contribution in [-0.2, 0) is 22.3 Å². The van der Waals surface area contributed by atoms with Crippen molar-refractivity contribution in [2.45, 2.75) is 33.5 Å². The molecule has 1 heterocycles. The standard InChI is InChI=1S/C21H21F3N6O2/c1-12-7-13(2)19(14(3)8-12)26-17(31)10-25-18(32)11-30-28-20(27-29-30)15-5-4-6-16(9-15)21(22,23)24/h4-9H,10-11H2,1-3H3,(H,25,32)(H,26,31). The van der Waals surface area contributed by atoms with Gasteiger partial charge in [-0.15, -0.1) is 10.2 Å². The van der Waals surface area contributed by atoms with Gasteiger partial charge in [0, 0.05) is 11.3 Å². The Bertz CT molecular complexity index is 1130. The first-order valence-electron chi connectivity index (χ1n) is 9.63. The Morgan fingerprint density at radius 3 is 2.38 bits per heavy atom. The molecule has 0 fully saturated rings. The van der Waals surface area contributed by atoms with E-state index in [1.165, 1.54) is 12.1 Å². The first-order valence-corrected chi connectivity index (χ1v) is 9.63. The van der Waals surface area contributed by atoms with Crippen LogP contribution in [0.3, 0.4) is 0 Å². The Labute approximate surface area is 181 Å². The number of tetrazole rings is 1. The number of benzene rings is 2. The SMILES string of the molecule is Cc1cc(C)c(NC(=O)CNC(=O)Cn2nnc(-c3cccc(C(F)(F)F)c3)n2)c(C)c1. The fraction of sp³-hybridized carbons (Fsp3) is 0.286. The van der Waals surface area contributed by atoms with Crippen molar-refractivity contribution in [2.24, 2.45) is 0 Å². The van der Waals surface area contributed by atoms with Gasteiger partial charge >= 0.3 is 6.18 Å².